The molecule has 0 aliphatic carbocycles. The minimum atomic E-state index is -3.41. The summed E-state index contributed by atoms with van der Waals surface area (Å²) in [5, 5.41) is 1.04. The number of benzene rings is 1. The fourth-order valence-corrected chi connectivity index (χ4v) is 5.65. The molecule has 2 aromatic rings. The van der Waals surface area contributed by atoms with Gasteiger partial charge in [0.05, 0.1) is 33.0 Å². The molecule has 2 fully saturated rings. The molecule has 1 aromatic carbocycles. The number of anilines is 1. The van der Waals surface area contributed by atoms with Gasteiger partial charge in [0.2, 0.25) is 0 Å². The minimum Gasteiger partial charge on any atom is -0.493 e. The lowest BCUT2D eigenvalue weighted by Crippen LogP contribution is -2.47. The SMILES string of the molecule is COc1cc2nccc(N3CCC(CCNS(=O)(=O)N4CCOCC4)CC3)c2cc1OC. The Morgan fingerprint density at radius 2 is 1.78 bits per heavy atom. The number of rotatable bonds is 8. The number of ether oxygens (including phenoxy) is 3. The van der Waals surface area contributed by atoms with E-state index < -0.39 is 10.2 Å². The third-order valence-electron chi connectivity index (χ3n) is 6.33. The number of nitrogens with one attached hydrogen (secondary N) is 1. The summed E-state index contributed by atoms with van der Waals surface area (Å²) in [4.78, 5) is 6.88. The molecular formula is C22H32N4O5S. The number of methoxy groups -OCH3 is 2. The van der Waals surface area contributed by atoms with E-state index in [1.54, 1.807) is 14.2 Å². The van der Waals surface area contributed by atoms with Gasteiger partial charge in [-0.3, -0.25) is 4.98 Å². The summed E-state index contributed by atoms with van der Waals surface area (Å²) in [6.45, 7) is 4.08. The van der Waals surface area contributed by atoms with E-state index in [0.717, 1.165) is 48.9 Å². The molecule has 9 nitrogen and oxygen atoms in total. The number of morpholine rings is 1. The second-order valence-corrected chi connectivity index (χ2v) is 9.94. The Morgan fingerprint density at radius 3 is 2.47 bits per heavy atom. The summed E-state index contributed by atoms with van der Waals surface area (Å²) in [6.07, 6.45) is 4.72. The molecule has 1 aromatic heterocycles. The predicted octanol–water partition coefficient (Wildman–Crippen LogP) is 2.03. The van der Waals surface area contributed by atoms with Crippen LogP contribution in [0, 0.1) is 5.92 Å². The van der Waals surface area contributed by atoms with Gasteiger partial charge in [-0.2, -0.15) is 12.7 Å². The van der Waals surface area contributed by atoms with Gasteiger partial charge in [-0.25, -0.2) is 4.72 Å². The van der Waals surface area contributed by atoms with Crippen LogP contribution in [0.4, 0.5) is 5.69 Å². The van der Waals surface area contributed by atoms with Crippen molar-refractivity contribution in [3.05, 3.63) is 24.4 Å². The van der Waals surface area contributed by atoms with Gasteiger partial charge in [-0.1, -0.05) is 0 Å². The Bertz CT molecular complexity index is 1020. The molecule has 0 atom stereocenters. The van der Waals surface area contributed by atoms with E-state index >= 15 is 0 Å². The number of piperidine rings is 1. The Kier molecular flexibility index (Phi) is 7.34. The molecule has 2 saturated heterocycles. The van der Waals surface area contributed by atoms with E-state index in [9.17, 15) is 8.42 Å². The van der Waals surface area contributed by atoms with Crippen LogP contribution in [-0.4, -0.2) is 77.9 Å². The number of fused-ring (bicyclic) bond motifs is 1. The van der Waals surface area contributed by atoms with Crippen molar-refractivity contribution in [3.63, 3.8) is 0 Å². The van der Waals surface area contributed by atoms with E-state index in [1.165, 1.54) is 4.31 Å². The second-order valence-electron chi connectivity index (χ2n) is 8.18. The number of pyridine rings is 1. The topological polar surface area (TPSA) is 93.2 Å². The van der Waals surface area contributed by atoms with Crippen molar-refractivity contribution in [1.82, 2.24) is 14.0 Å². The van der Waals surface area contributed by atoms with Crippen LogP contribution in [0.3, 0.4) is 0 Å². The molecule has 0 unspecified atom stereocenters. The standard InChI is InChI=1S/C22H32N4O5S/c1-29-21-15-18-19(16-22(21)30-2)23-7-4-20(18)25-9-5-17(6-10-25)3-8-24-32(27,28)26-11-13-31-14-12-26/h4,7,15-17,24H,3,5-6,8-14H2,1-2H3. The molecule has 0 spiro atoms. The molecular weight excluding hydrogens is 432 g/mol. The second kappa shape index (κ2) is 10.2. The minimum absolute atomic E-state index is 0.421. The zero-order chi connectivity index (χ0) is 22.6. The first-order chi connectivity index (χ1) is 15.5. The summed E-state index contributed by atoms with van der Waals surface area (Å²) >= 11 is 0. The van der Waals surface area contributed by atoms with Gasteiger partial charge in [-0.15, -0.1) is 0 Å². The lowest BCUT2D eigenvalue weighted by Gasteiger charge is -2.34. The normalized spacial score (nSPS) is 18.8. The number of hydrogen-bond donors (Lipinski definition) is 1. The number of nitrogens with zero attached hydrogens (tertiary/aromatic N) is 3. The largest absolute Gasteiger partial charge is 0.493 e. The van der Waals surface area contributed by atoms with Crippen molar-refractivity contribution in [1.29, 1.82) is 0 Å². The van der Waals surface area contributed by atoms with Gasteiger partial charge in [0, 0.05) is 56.1 Å². The van der Waals surface area contributed by atoms with Gasteiger partial charge in [0.25, 0.3) is 10.2 Å². The van der Waals surface area contributed by atoms with Crippen LogP contribution in [0.25, 0.3) is 10.9 Å². The van der Waals surface area contributed by atoms with E-state index in [2.05, 4.69) is 14.6 Å². The van der Waals surface area contributed by atoms with Gasteiger partial charge < -0.3 is 19.1 Å². The maximum Gasteiger partial charge on any atom is 0.279 e. The van der Waals surface area contributed by atoms with Gasteiger partial charge in [0.1, 0.15) is 0 Å². The fraction of sp³-hybridized carbons (Fsp3) is 0.591. The quantitative estimate of drug-likeness (QED) is 0.639. The van der Waals surface area contributed by atoms with Crippen LogP contribution < -0.4 is 19.1 Å². The summed E-state index contributed by atoms with van der Waals surface area (Å²) < 4.78 is 45.2. The van der Waals surface area contributed by atoms with Crippen LogP contribution in [0.2, 0.25) is 0 Å². The lowest BCUT2D eigenvalue weighted by atomic mass is 9.93. The highest BCUT2D eigenvalue weighted by molar-refractivity contribution is 7.87. The van der Waals surface area contributed by atoms with Crippen molar-refractivity contribution in [2.45, 2.75) is 19.3 Å². The first kappa shape index (κ1) is 23.0. The molecule has 32 heavy (non-hydrogen) atoms. The predicted molar refractivity (Wildman–Crippen MR) is 124 cm³/mol. The molecule has 0 saturated carbocycles. The van der Waals surface area contributed by atoms with Crippen LogP contribution in [-0.2, 0) is 14.9 Å². The highest BCUT2D eigenvalue weighted by Crippen LogP contribution is 2.37. The molecule has 2 aliphatic heterocycles. The Morgan fingerprint density at radius 1 is 1.09 bits per heavy atom. The van der Waals surface area contributed by atoms with Gasteiger partial charge in [-0.05, 0) is 37.3 Å². The van der Waals surface area contributed by atoms with Crippen molar-refractivity contribution in [2.75, 3.05) is 65.1 Å². The summed E-state index contributed by atoms with van der Waals surface area (Å²) in [6, 6.07) is 5.94. The summed E-state index contributed by atoms with van der Waals surface area (Å²) in [7, 11) is -0.149. The molecule has 3 heterocycles. The molecule has 1 N–H and O–H groups in total. The van der Waals surface area contributed by atoms with E-state index in [4.69, 9.17) is 14.2 Å². The maximum absolute atomic E-state index is 12.4. The van der Waals surface area contributed by atoms with Gasteiger partial charge in [0.15, 0.2) is 11.5 Å². The monoisotopic (exact) mass is 464 g/mol. The Hall–Kier alpha value is -2.14. The molecule has 10 heteroatoms. The van der Waals surface area contributed by atoms with Crippen LogP contribution in [0.5, 0.6) is 11.5 Å². The Labute approximate surface area is 189 Å². The molecule has 0 bridgehead atoms. The lowest BCUT2D eigenvalue weighted by molar-refractivity contribution is 0.0725. The fourth-order valence-electron chi connectivity index (χ4n) is 4.47. The highest BCUT2D eigenvalue weighted by atomic mass is 32.2. The smallest absolute Gasteiger partial charge is 0.279 e. The zero-order valence-corrected chi connectivity index (χ0v) is 19.6. The average Bonchev–Trinajstić information content (AvgIpc) is 2.83. The average molecular weight is 465 g/mol. The molecule has 2 aliphatic rings. The molecule has 176 valence electrons. The van der Waals surface area contributed by atoms with E-state index in [0.29, 0.717) is 50.3 Å². The summed E-state index contributed by atoms with van der Waals surface area (Å²) in [5.41, 5.74) is 2.02. The van der Waals surface area contributed by atoms with Gasteiger partial charge >= 0.3 is 0 Å². The van der Waals surface area contributed by atoms with E-state index in [-0.39, 0.29) is 0 Å². The molecule has 4 rings (SSSR count). The van der Waals surface area contributed by atoms with Crippen LogP contribution >= 0.6 is 0 Å². The Balaban J connectivity index is 1.34. The van der Waals surface area contributed by atoms with Crippen LogP contribution in [0.1, 0.15) is 19.3 Å². The highest BCUT2D eigenvalue weighted by Gasteiger charge is 2.25. The molecule has 0 amide bonds. The van der Waals surface area contributed by atoms with Crippen molar-refractivity contribution < 1.29 is 22.6 Å². The summed E-state index contributed by atoms with van der Waals surface area (Å²) in [5.74, 6) is 1.86. The van der Waals surface area contributed by atoms with E-state index in [1.807, 2.05) is 24.4 Å². The third kappa shape index (κ3) is 5.09. The van der Waals surface area contributed by atoms with Crippen molar-refractivity contribution in [3.8, 4) is 11.5 Å². The maximum atomic E-state index is 12.4. The number of aromatic nitrogens is 1. The van der Waals surface area contributed by atoms with Crippen LogP contribution in [0.15, 0.2) is 24.4 Å². The zero-order valence-electron chi connectivity index (χ0n) is 18.7. The first-order valence-corrected chi connectivity index (χ1v) is 12.5. The third-order valence-corrected chi connectivity index (χ3v) is 7.94. The molecule has 0 radical (unpaired) electrons. The first-order valence-electron chi connectivity index (χ1n) is 11.1. The van der Waals surface area contributed by atoms with Crippen molar-refractivity contribution in [2.24, 2.45) is 5.92 Å². The van der Waals surface area contributed by atoms with Crippen molar-refractivity contribution >= 4 is 26.8 Å². The number of hydrogen-bond acceptors (Lipinski definition) is 7.